The summed E-state index contributed by atoms with van der Waals surface area (Å²) in [4.78, 5) is 17.1. The summed E-state index contributed by atoms with van der Waals surface area (Å²) in [5.41, 5.74) is 2.50. The molecule has 0 spiro atoms. The number of hydrogen-bond donors (Lipinski definition) is 2. The lowest BCUT2D eigenvalue weighted by Crippen LogP contribution is -2.19. The fraction of sp³-hybridized carbons (Fsp3) is 0.621. The van der Waals surface area contributed by atoms with E-state index in [1.165, 1.54) is 44.9 Å². The predicted molar refractivity (Wildman–Crippen MR) is 160 cm³/mol. The van der Waals surface area contributed by atoms with Gasteiger partial charge in [0, 0.05) is 23.1 Å². The number of anilines is 1. The van der Waals surface area contributed by atoms with E-state index in [2.05, 4.69) is 48.2 Å². The molecule has 10 heteroatoms. The quantitative estimate of drug-likeness (QED) is 0.173. The Morgan fingerprint density at radius 1 is 1.00 bits per heavy atom. The van der Waals surface area contributed by atoms with E-state index in [1.807, 2.05) is 6.07 Å². The zero-order valence-corrected chi connectivity index (χ0v) is 25.4. The Balaban J connectivity index is 1.43. The fourth-order valence-electron chi connectivity index (χ4n) is 4.54. The van der Waals surface area contributed by atoms with Crippen LogP contribution >= 0.6 is 11.6 Å². The molecule has 1 aromatic carbocycles. The van der Waals surface area contributed by atoms with E-state index < -0.39 is 9.84 Å². The largest absolute Gasteiger partial charge is 0.326 e. The molecule has 8 nitrogen and oxygen atoms in total. The number of fused-ring (bicyclic) bond motifs is 1. The van der Waals surface area contributed by atoms with Gasteiger partial charge in [-0.05, 0) is 18.6 Å². The molecule has 39 heavy (non-hydrogen) atoms. The summed E-state index contributed by atoms with van der Waals surface area (Å²) in [6, 6.07) is 7.17. The van der Waals surface area contributed by atoms with Crippen molar-refractivity contribution in [3.8, 4) is 11.4 Å². The molecule has 0 saturated heterocycles. The molecule has 0 atom stereocenters. The summed E-state index contributed by atoms with van der Waals surface area (Å²) in [6.07, 6.45) is 11.5. The molecule has 0 radical (unpaired) electrons. The average molecular weight is 578 g/mol. The molecule has 2 aromatic heterocycles. The Morgan fingerprint density at radius 3 is 2.26 bits per heavy atom. The molecule has 0 bridgehead atoms. The second kappa shape index (κ2) is 14.3. The molecule has 0 saturated carbocycles. The van der Waals surface area contributed by atoms with Gasteiger partial charge >= 0.3 is 0 Å². The third-order valence-electron chi connectivity index (χ3n) is 6.84. The van der Waals surface area contributed by atoms with E-state index in [0.717, 1.165) is 18.5 Å². The van der Waals surface area contributed by atoms with Gasteiger partial charge < -0.3 is 5.32 Å². The summed E-state index contributed by atoms with van der Waals surface area (Å²) in [5.74, 6) is 0.142. The number of amides is 1. The van der Waals surface area contributed by atoms with E-state index in [-0.39, 0.29) is 29.2 Å². The second-order valence-electron chi connectivity index (χ2n) is 11.4. The number of H-pyrrole nitrogens is 1. The van der Waals surface area contributed by atoms with Crippen molar-refractivity contribution < 1.29 is 13.2 Å². The van der Waals surface area contributed by atoms with Crippen molar-refractivity contribution in [2.45, 2.75) is 104 Å². The number of unbranched alkanes of at least 4 members (excludes halogenated alkanes) is 9. The second-order valence-corrected chi connectivity index (χ2v) is 14.1. The Morgan fingerprint density at radius 2 is 1.64 bits per heavy atom. The van der Waals surface area contributed by atoms with Crippen LogP contribution in [0, 0.1) is 0 Å². The van der Waals surface area contributed by atoms with Crippen LogP contribution in [0.25, 0.3) is 17.0 Å². The molecule has 0 unspecified atom stereocenters. The highest BCUT2D eigenvalue weighted by Crippen LogP contribution is 2.32. The molecule has 2 N–H and O–H groups in total. The van der Waals surface area contributed by atoms with Gasteiger partial charge in [-0.2, -0.15) is 4.63 Å². The number of rotatable bonds is 16. The highest BCUT2D eigenvalue weighted by Gasteiger charge is 2.24. The van der Waals surface area contributed by atoms with E-state index in [9.17, 15) is 13.2 Å². The summed E-state index contributed by atoms with van der Waals surface area (Å²) in [6.45, 7) is 8.39. The van der Waals surface area contributed by atoms with Crippen molar-refractivity contribution in [1.29, 1.82) is 0 Å². The number of hydrogen-bond acceptors (Lipinski definition) is 5. The molecule has 0 aliphatic heterocycles. The number of carbonyl (C=O) groups excluding carboxylic acids is 1. The van der Waals surface area contributed by atoms with Gasteiger partial charge in [0.25, 0.3) is 0 Å². The number of aromatic nitrogens is 4. The van der Waals surface area contributed by atoms with Gasteiger partial charge in [0.1, 0.15) is 5.02 Å². The minimum Gasteiger partial charge on any atom is -0.326 e. The van der Waals surface area contributed by atoms with Gasteiger partial charge in [-0.3, -0.25) is 9.89 Å². The van der Waals surface area contributed by atoms with Crippen LogP contribution in [0.15, 0.2) is 24.3 Å². The van der Waals surface area contributed by atoms with Crippen molar-refractivity contribution >= 4 is 38.7 Å². The maximum atomic E-state index is 12.5. The third-order valence-corrected chi connectivity index (χ3v) is 8.94. The van der Waals surface area contributed by atoms with Crippen molar-refractivity contribution in [2.24, 2.45) is 0 Å². The number of benzene rings is 1. The Hall–Kier alpha value is -2.39. The van der Waals surface area contributed by atoms with Gasteiger partial charge in [0.2, 0.25) is 5.91 Å². The normalized spacial score (nSPS) is 12.3. The van der Waals surface area contributed by atoms with Crippen LogP contribution in [0.4, 0.5) is 5.69 Å². The average Bonchev–Trinajstić information content (AvgIpc) is 3.43. The lowest BCUT2D eigenvalue weighted by atomic mass is 9.92. The first-order valence-electron chi connectivity index (χ1n) is 14.3. The standard InChI is InChI=1S/C29H44ClN5O3S/c1-5-6-7-8-9-10-11-12-13-14-19-39(37,38)20-18-24(36)31-23-17-15-16-22(21-23)27-32-28-25(30)26(29(2,3)4)33-35(28)34-27/h15-17,21,33H,5-14,18-20H2,1-4H3,(H,31,36). The first kappa shape index (κ1) is 31.1. The molecule has 2 heterocycles. The summed E-state index contributed by atoms with van der Waals surface area (Å²) in [5, 5.41) is 11.0. The van der Waals surface area contributed by atoms with Crippen LogP contribution < -0.4 is 5.32 Å². The van der Waals surface area contributed by atoms with Crippen molar-refractivity contribution in [2.75, 3.05) is 16.8 Å². The van der Waals surface area contributed by atoms with Gasteiger partial charge in [0.15, 0.2) is 21.3 Å². The SMILES string of the molecule is CCCCCCCCCCCCS(=O)(=O)CCC(=O)Nc1cccc(-c2nc3c(Cl)c(C(C)(C)C)[nH]n3n2)c1. The number of aromatic amines is 1. The van der Waals surface area contributed by atoms with Gasteiger partial charge in [-0.15, -0.1) is 5.10 Å². The van der Waals surface area contributed by atoms with Crippen LogP contribution in [-0.2, 0) is 20.0 Å². The molecular formula is C29H44ClN5O3S. The monoisotopic (exact) mass is 577 g/mol. The number of carbonyl (C=O) groups is 1. The van der Waals surface area contributed by atoms with E-state index in [0.29, 0.717) is 34.2 Å². The maximum Gasteiger partial charge on any atom is 0.225 e. The number of sulfone groups is 1. The highest BCUT2D eigenvalue weighted by molar-refractivity contribution is 7.91. The van der Waals surface area contributed by atoms with Crippen LogP contribution in [-0.4, -0.2) is 45.6 Å². The van der Waals surface area contributed by atoms with Crippen molar-refractivity contribution in [1.82, 2.24) is 19.8 Å². The Labute approximate surface area is 238 Å². The fourth-order valence-corrected chi connectivity index (χ4v) is 6.33. The first-order chi connectivity index (χ1) is 18.5. The highest BCUT2D eigenvalue weighted by atomic mass is 35.5. The lowest BCUT2D eigenvalue weighted by Gasteiger charge is -2.16. The van der Waals surface area contributed by atoms with E-state index in [4.69, 9.17) is 11.6 Å². The van der Waals surface area contributed by atoms with Crippen LogP contribution in [0.2, 0.25) is 5.02 Å². The minimum absolute atomic E-state index is 0.0682. The first-order valence-corrected chi connectivity index (χ1v) is 16.5. The topological polar surface area (TPSA) is 109 Å². The maximum absolute atomic E-state index is 12.5. The zero-order valence-electron chi connectivity index (χ0n) is 23.9. The smallest absolute Gasteiger partial charge is 0.225 e. The van der Waals surface area contributed by atoms with Crippen LogP contribution in [0.5, 0.6) is 0 Å². The molecular weight excluding hydrogens is 534 g/mol. The minimum atomic E-state index is -3.25. The summed E-state index contributed by atoms with van der Waals surface area (Å²) < 4.78 is 26.4. The Kier molecular flexibility index (Phi) is 11.4. The van der Waals surface area contributed by atoms with E-state index >= 15 is 0 Å². The van der Waals surface area contributed by atoms with Crippen LogP contribution in [0.1, 0.15) is 104 Å². The van der Waals surface area contributed by atoms with Gasteiger partial charge in [-0.25, -0.2) is 13.4 Å². The summed E-state index contributed by atoms with van der Waals surface area (Å²) >= 11 is 6.53. The molecule has 216 valence electrons. The molecule has 1 amide bonds. The van der Waals surface area contributed by atoms with Crippen molar-refractivity contribution in [3.63, 3.8) is 0 Å². The van der Waals surface area contributed by atoms with E-state index in [1.54, 1.807) is 22.8 Å². The third kappa shape index (κ3) is 9.64. The molecule has 3 aromatic rings. The number of nitrogens with zero attached hydrogens (tertiary/aromatic N) is 3. The van der Waals surface area contributed by atoms with Crippen molar-refractivity contribution in [3.05, 3.63) is 35.0 Å². The number of halogens is 1. The number of nitrogens with one attached hydrogen (secondary N) is 2. The molecule has 0 aliphatic rings. The molecule has 0 fully saturated rings. The summed E-state index contributed by atoms with van der Waals surface area (Å²) in [7, 11) is -3.25. The molecule has 0 aliphatic carbocycles. The Bertz CT molecular complexity index is 1320. The zero-order chi connectivity index (χ0) is 28.5. The predicted octanol–water partition coefficient (Wildman–Crippen LogP) is 7.34. The lowest BCUT2D eigenvalue weighted by molar-refractivity contribution is -0.115. The molecule has 3 rings (SSSR count). The van der Waals surface area contributed by atoms with Gasteiger partial charge in [-0.1, -0.05) is 109 Å². The van der Waals surface area contributed by atoms with Gasteiger partial charge in [0.05, 0.1) is 17.2 Å². The van der Waals surface area contributed by atoms with Crippen LogP contribution in [0.3, 0.4) is 0 Å².